The molecule has 2 aliphatic carbocycles. The van der Waals surface area contributed by atoms with Crippen molar-refractivity contribution in [2.45, 2.75) is 25.2 Å². The van der Waals surface area contributed by atoms with E-state index in [0.29, 0.717) is 0 Å². The molecule has 3 rings (SSSR count). The molecule has 0 saturated heterocycles. The average molecular weight is 174 g/mol. The van der Waals surface area contributed by atoms with Gasteiger partial charge in [-0.05, 0) is 54.4 Å². The third-order valence-electron chi connectivity index (χ3n) is 3.46. The van der Waals surface area contributed by atoms with E-state index in [1.54, 1.807) is 18.2 Å². The first-order chi connectivity index (χ1) is 6.38. The Labute approximate surface area is 78.7 Å². The van der Waals surface area contributed by atoms with Crippen molar-refractivity contribution in [1.82, 2.24) is 0 Å². The van der Waals surface area contributed by atoms with Crippen LogP contribution in [-0.4, -0.2) is 7.11 Å². The van der Waals surface area contributed by atoms with E-state index in [-0.39, 0.29) is 0 Å². The summed E-state index contributed by atoms with van der Waals surface area (Å²) in [5.41, 5.74) is 3.12. The van der Waals surface area contributed by atoms with Crippen LogP contribution in [0.1, 0.15) is 29.9 Å². The number of hydrogen-bond acceptors (Lipinski definition) is 1. The molecule has 0 radical (unpaired) electrons. The van der Waals surface area contributed by atoms with Gasteiger partial charge >= 0.3 is 0 Å². The highest BCUT2D eigenvalue weighted by molar-refractivity contribution is 5.42. The number of hydrogen-bond donors (Lipinski definition) is 0. The number of rotatable bonds is 1. The SMILES string of the molecule is COc1ccc2c(c1)[C@@H]1C[C@@H]1CC2. The lowest BCUT2D eigenvalue weighted by molar-refractivity contribution is 0.413. The largest absolute Gasteiger partial charge is 0.497 e. The number of benzene rings is 1. The highest BCUT2D eigenvalue weighted by atomic mass is 16.5. The van der Waals surface area contributed by atoms with Crippen LogP contribution in [-0.2, 0) is 6.42 Å². The summed E-state index contributed by atoms with van der Waals surface area (Å²) in [6.07, 6.45) is 4.10. The Morgan fingerprint density at radius 3 is 3.15 bits per heavy atom. The second-order valence-electron chi connectivity index (χ2n) is 4.21. The molecule has 0 bridgehead atoms. The zero-order valence-corrected chi connectivity index (χ0v) is 7.92. The fraction of sp³-hybridized carbons (Fsp3) is 0.500. The number of aryl methyl sites for hydroxylation is 1. The maximum absolute atomic E-state index is 5.25. The van der Waals surface area contributed by atoms with E-state index in [9.17, 15) is 0 Å². The number of methoxy groups -OCH3 is 1. The van der Waals surface area contributed by atoms with Crippen LogP contribution in [0.15, 0.2) is 18.2 Å². The Morgan fingerprint density at radius 1 is 1.38 bits per heavy atom. The van der Waals surface area contributed by atoms with Gasteiger partial charge in [-0.25, -0.2) is 0 Å². The van der Waals surface area contributed by atoms with Gasteiger partial charge in [0.2, 0.25) is 0 Å². The van der Waals surface area contributed by atoms with Gasteiger partial charge < -0.3 is 4.74 Å². The lowest BCUT2D eigenvalue weighted by atomic mass is 9.92. The van der Waals surface area contributed by atoms with E-state index >= 15 is 0 Å². The fourth-order valence-electron chi connectivity index (χ4n) is 2.56. The molecule has 0 heterocycles. The van der Waals surface area contributed by atoms with Crippen molar-refractivity contribution >= 4 is 0 Å². The van der Waals surface area contributed by atoms with Gasteiger partial charge in [-0.2, -0.15) is 0 Å². The molecule has 13 heavy (non-hydrogen) atoms. The topological polar surface area (TPSA) is 9.23 Å². The van der Waals surface area contributed by atoms with Crippen molar-refractivity contribution in [3.05, 3.63) is 29.3 Å². The molecule has 0 spiro atoms. The molecule has 0 unspecified atom stereocenters. The van der Waals surface area contributed by atoms with E-state index in [1.807, 2.05) is 0 Å². The van der Waals surface area contributed by atoms with E-state index in [0.717, 1.165) is 17.6 Å². The summed E-state index contributed by atoms with van der Waals surface area (Å²) in [5.74, 6) is 2.89. The molecule has 1 heteroatoms. The van der Waals surface area contributed by atoms with Crippen molar-refractivity contribution in [2.75, 3.05) is 7.11 Å². The van der Waals surface area contributed by atoms with Crippen LogP contribution in [0.25, 0.3) is 0 Å². The molecule has 1 fully saturated rings. The van der Waals surface area contributed by atoms with Crippen LogP contribution >= 0.6 is 0 Å². The molecule has 1 aromatic carbocycles. The Hall–Kier alpha value is -0.980. The first-order valence-electron chi connectivity index (χ1n) is 5.05. The van der Waals surface area contributed by atoms with E-state index < -0.39 is 0 Å². The number of ether oxygens (including phenoxy) is 1. The van der Waals surface area contributed by atoms with Crippen molar-refractivity contribution in [3.8, 4) is 5.75 Å². The lowest BCUT2D eigenvalue weighted by Crippen LogP contribution is -2.01. The van der Waals surface area contributed by atoms with Gasteiger partial charge in [0.05, 0.1) is 7.11 Å². The predicted molar refractivity (Wildman–Crippen MR) is 52.2 cm³/mol. The summed E-state index contributed by atoms with van der Waals surface area (Å²) in [6, 6.07) is 6.56. The second kappa shape index (κ2) is 2.50. The average Bonchev–Trinajstić information content (AvgIpc) is 2.96. The molecule has 68 valence electrons. The zero-order chi connectivity index (χ0) is 8.84. The van der Waals surface area contributed by atoms with E-state index in [4.69, 9.17) is 4.74 Å². The molecular weight excluding hydrogens is 160 g/mol. The van der Waals surface area contributed by atoms with Crippen LogP contribution in [0.4, 0.5) is 0 Å². The maximum atomic E-state index is 5.25. The monoisotopic (exact) mass is 174 g/mol. The molecule has 1 aromatic rings. The van der Waals surface area contributed by atoms with Crippen LogP contribution in [0.3, 0.4) is 0 Å². The summed E-state index contributed by atoms with van der Waals surface area (Å²) in [6.45, 7) is 0. The predicted octanol–water partition coefficient (Wildman–Crippen LogP) is 2.74. The van der Waals surface area contributed by atoms with Crippen LogP contribution < -0.4 is 4.74 Å². The van der Waals surface area contributed by atoms with Crippen LogP contribution in [0.5, 0.6) is 5.75 Å². The molecule has 1 saturated carbocycles. The number of fused-ring (bicyclic) bond motifs is 3. The third kappa shape index (κ3) is 1.06. The Balaban J connectivity index is 2.06. The molecular formula is C12H14O. The summed E-state index contributed by atoms with van der Waals surface area (Å²) < 4.78 is 5.25. The van der Waals surface area contributed by atoms with Crippen molar-refractivity contribution in [2.24, 2.45) is 5.92 Å². The Bertz CT molecular complexity index is 343. The molecule has 2 aliphatic rings. The van der Waals surface area contributed by atoms with E-state index in [2.05, 4.69) is 18.2 Å². The van der Waals surface area contributed by atoms with Crippen molar-refractivity contribution < 1.29 is 4.74 Å². The lowest BCUT2D eigenvalue weighted by Gasteiger charge is -2.15. The van der Waals surface area contributed by atoms with Gasteiger partial charge in [-0.15, -0.1) is 0 Å². The first-order valence-corrected chi connectivity index (χ1v) is 5.05. The fourth-order valence-corrected chi connectivity index (χ4v) is 2.56. The van der Waals surface area contributed by atoms with Crippen LogP contribution in [0, 0.1) is 5.92 Å². The van der Waals surface area contributed by atoms with Crippen LogP contribution in [0.2, 0.25) is 0 Å². The van der Waals surface area contributed by atoms with Gasteiger partial charge in [0.15, 0.2) is 0 Å². The van der Waals surface area contributed by atoms with Gasteiger partial charge in [-0.1, -0.05) is 6.07 Å². The summed E-state index contributed by atoms with van der Waals surface area (Å²) in [7, 11) is 1.74. The molecule has 0 amide bonds. The molecule has 0 aromatic heterocycles. The van der Waals surface area contributed by atoms with Gasteiger partial charge in [-0.3, -0.25) is 0 Å². The Morgan fingerprint density at radius 2 is 2.31 bits per heavy atom. The maximum Gasteiger partial charge on any atom is 0.119 e. The minimum Gasteiger partial charge on any atom is -0.497 e. The normalized spacial score (nSPS) is 29.0. The first kappa shape index (κ1) is 7.43. The quantitative estimate of drug-likeness (QED) is 0.636. The Kier molecular flexibility index (Phi) is 1.43. The highest BCUT2D eigenvalue weighted by Gasteiger charge is 2.41. The van der Waals surface area contributed by atoms with Gasteiger partial charge in [0, 0.05) is 0 Å². The van der Waals surface area contributed by atoms with E-state index in [1.165, 1.54) is 19.3 Å². The van der Waals surface area contributed by atoms with Crippen molar-refractivity contribution in [3.63, 3.8) is 0 Å². The second-order valence-corrected chi connectivity index (χ2v) is 4.21. The highest BCUT2D eigenvalue weighted by Crippen LogP contribution is 2.54. The van der Waals surface area contributed by atoms with Gasteiger partial charge in [0.25, 0.3) is 0 Å². The minimum atomic E-state index is 0.874. The van der Waals surface area contributed by atoms with Gasteiger partial charge in [0.1, 0.15) is 5.75 Å². The molecule has 0 N–H and O–H groups in total. The summed E-state index contributed by atoms with van der Waals surface area (Å²) in [5, 5.41) is 0. The summed E-state index contributed by atoms with van der Waals surface area (Å²) >= 11 is 0. The molecule has 0 aliphatic heterocycles. The minimum absolute atomic E-state index is 0.874. The summed E-state index contributed by atoms with van der Waals surface area (Å²) in [4.78, 5) is 0. The standard InChI is InChI=1S/C12H14O/c1-13-10-5-4-8-2-3-9-6-11(9)12(8)7-10/h4-5,7,9,11H,2-3,6H2,1H3/t9-,11+/m0/s1. The molecule has 2 atom stereocenters. The molecule has 1 nitrogen and oxygen atoms in total. The van der Waals surface area contributed by atoms with Crippen molar-refractivity contribution in [1.29, 1.82) is 0 Å². The zero-order valence-electron chi connectivity index (χ0n) is 7.92. The smallest absolute Gasteiger partial charge is 0.119 e. The third-order valence-corrected chi connectivity index (χ3v) is 3.46.